The third-order valence-electron chi connectivity index (χ3n) is 8.48. The molecule has 3 rings (SSSR count). The van der Waals surface area contributed by atoms with E-state index >= 15 is 0 Å². The molecule has 0 spiro atoms. The zero-order valence-electron chi connectivity index (χ0n) is 26.6. The molecule has 0 bridgehead atoms. The van der Waals surface area contributed by atoms with Crippen molar-refractivity contribution in [3.05, 3.63) is 89.5 Å². The van der Waals surface area contributed by atoms with Crippen molar-refractivity contribution >= 4 is 5.97 Å². The van der Waals surface area contributed by atoms with Crippen LogP contribution in [-0.2, 0) is 28.8 Å². The summed E-state index contributed by atoms with van der Waals surface area (Å²) in [5.74, 6) is 0.305. The highest BCUT2D eigenvalue weighted by atomic mass is 16.5. The van der Waals surface area contributed by atoms with E-state index in [1.165, 1.54) is 47.1 Å². The number of esters is 1. The number of aliphatic hydroxyl groups excluding tert-OH is 2. The van der Waals surface area contributed by atoms with Gasteiger partial charge in [0.1, 0.15) is 5.75 Å². The van der Waals surface area contributed by atoms with E-state index in [4.69, 9.17) is 9.47 Å². The summed E-state index contributed by atoms with van der Waals surface area (Å²) in [5, 5.41) is 19.7. The smallest absolute Gasteiger partial charge is 0.333 e. The van der Waals surface area contributed by atoms with Crippen molar-refractivity contribution in [2.24, 2.45) is 5.41 Å². The van der Waals surface area contributed by atoms with Crippen LogP contribution in [0.1, 0.15) is 76.5 Å². The Morgan fingerprint density at radius 3 is 2.12 bits per heavy atom. The Balaban J connectivity index is 1.85. The highest BCUT2D eigenvalue weighted by molar-refractivity contribution is 5.86. The molecule has 0 heterocycles. The molecular formula is C38H50O5. The van der Waals surface area contributed by atoms with Crippen LogP contribution in [0.2, 0.25) is 0 Å². The van der Waals surface area contributed by atoms with Gasteiger partial charge in [0, 0.05) is 17.4 Å². The van der Waals surface area contributed by atoms with Crippen molar-refractivity contribution in [3.63, 3.8) is 0 Å². The number of carbonyl (C=O) groups is 1. The van der Waals surface area contributed by atoms with Gasteiger partial charge in [-0.25, -0.2) is 4.79 Å². The van der Waals surface area contributed by atoms with E-state index < -0.39 is 11.4 Å². The maximum absolute atomic E-state index is 12.0. The number of aryl methyl sites for hydroxylation is 2. The van der Waals surface area contributed by atoms with E-state index in [-0.39, 0.29) is 19.8 Å². The normalized spacial score (nSPS) is 11.4. The van der Waals surface area contributed by atoms with Gasteiger partial charge in [-0.1, -0.05) is 88.7 Å². The van der Waals surface area contributed by atoms with Crippen LogP contribution < -0.4 is 4.74 Å². The lowest BCUT2D eigenvalue weighted by molar-refractivity contribution is -0.138. The van der Waals surface area contributed by atoms with E-state index in [0.717, 1.165) is 24.0 Å². The fourth-order valence-electron chi connectivity index (χ4n) is 5.24. The van der Waals surface area contributed by atoms with Crippen LogP contribution >= 0.6 is 0 Å². The topological polar surface area (TPSA) is 76.0 Å². The van der Waals surface area contributed by atoms with Gasteiger partial charge in [-0.2, -0.15) is 0 Å². The number of unbranched alkanes of at least 4 members (excludes halogenated alkanes) is 2. The standard InChI is InChI=1S/C38H50O5/c1-6-9-10-11-29-12-14-31(15-13-29)32-16-18-35(30(7-2)24-32)33-17-19-36(42-23-21-38(8-3,26-39)27-40)34(25-33)20-22-43-37(41)28(4)5/h12-19,24-25,39-40H,4,6-11,20-23,26-27H2,1-3,5H3. The van der Waals surface area contributed by atoms with Crippen LogP contribution in [0.3, 0.4) is 0 Å². The molecule has 43 heavy (non-hydrogen) atoms. The van der Waals surface area contributed by atoms with Crippen molar-refractivity contribution in [2.75, 3.05) is 26.4 Å². The molecule has 0 aliphatic rings. The van der Waals surface area contributed by atoms with E-state index in [1.54, 1.807) is 6.92 Å². The molecule has 5 nitrogen and oxygen atoms in total. The van der Waals surface area contributed by atoms with Crippen LogP contribution in [0, 0.1) is 5.41 Å². The van der Waals surface area contributed by atoms with Gasteiger partial charge < -0.3 is 19.7 Å². The Labute approximate surface area is 258 Å². The fourth-order valence-corrected chi connectivity index (χ4v) is 5.24. The fraction of sp³-hybridized carbons (Fsp3) is 0.447. The van der Waals surface area contributed by atoms with Crippen LogP contribution in [0.5, 0.6) is 5.75 Å². The maximum atomic E-state index is 12.0. The summed E-state index contributed by atoms with van der Waals surface area (Å²) in [4.78, 5) is 12.0. The monoisotopic (exact) mass is 586 g/mol. The van der Waals surface area contributed by atoms with Crippen molar-refractivity contribution < 1.29 is 24.5 Å². The van der Waals surface area contributed by atoms with E-state index in [0.29, 0.717) is 37.2 Å². The average molecular weight is 587 g/mol. The first-order valence-electron chi connectivity index (χ1n) is 15.8. The zero-order valence-corrected chi connectivity index (χ0v) is 26.6. The Hall–Kier alpha value is -3.41. The molecule has 2 N–H and O–H groups in total. The number of ether oxygens (including phenoxy) is 2. The molecule has 3 aromatic rings. The number of aliphatic hydroxyl groups is 2. The quantitative estimate of drug-likeness (QED) is 0.0894. The van der Waals surface area contributed by atoms with Gasteiger partial charge in [0.2, 0.25) is 0 Å². The second-order valence-electron chi connectivity index (χ2n) is 11.6. The SMILES string of the molecule is C=C(C)C(=O)OCCc1cc(-c2ccc(-c3ccc(CCCCC)cc3)cc2CC)ccc1OCCC(CC)(CO)CO. The first-order chi connectivity index (χ1) is 20.8. The van der Waals surface area contributed by atoms with Crippen molar-refractivity contribution in [1.29, 1.82) is 0 Å². The van der Waals surface area contributed by atoms with Crippen molar-refractivity contribution in [3.8, 4) is 28.0 Å². The van der Waals surface area contributed by atoms with Gasteiger partial charge in [-0.15, -0.1) is 0 Å². The predicted molar refractivity (Wildman–Crippen MR) is 176 cm³/mol. The third kappa shape index (κ3) is 9.54. The summed E-state index contributed by atoms with van der Waals surface area (Å²) in [6.07, 6.45) is 7.44. The minimum Gasteiger partial charge on any atom is -0.493 e. The molecule has 0 saturated carbocycles. The molecule has 0 unspecified atom stereocenters. The lowest BCUT2D eigenvalue weighted by Crippen LogP contribution is -2.31. The first kappa shape index (κ1) is 34.1. The second-order valence-corrected chi connectivity index (χ2v) is 11.6. The number of hydrogen-bond acceptors (Lipinski definition) is 5. The average Bonchev–Trinajstić information content (AvgIpc) is 3.04. The van der Waals surface area contributed by atoms with Gasteiger partial charge in [0.25, 0.3) is 0 Å². The van der Waals surface area contributed by atoms with Crippen molar-refractivity contribution in [2.45, 2.75) is 79.1 Å². The lowest BCUT2D eigenvalue weighted by atomic mass is 9.84. The van der Waals surface area contributed by atoms with Gasteiger partial charge in [0.05, 0.1) is 26.4 Å². The predicted octanol–water partition coefficient (Wildman–Crippen LogP) is 8.13. The number of benzene rings is 3. The van der Waals surface area contributed by atoms with Gasteiger partial charge >= 0.3 is 5.97 Å². The molecule has 0 aliphatic heterocycles. The minimum atomic E-state index is -0.565. The first-order valence-corrected chi connectivity index (χ1v) is 15.8. The summed E-state index contributed by atoms with van der Waals surface area (Å²) in [6.45, 7) is 12.1. The Morgan fingerprint density at radius 1 is 0.814 bits per heavy atom. The zero-order chi connectivity index (χ0) is 31.2. The van der Waals surface area contributed by atoms with Crippen LogP contribution in [0.15, 0.2) is 72.8 Å². The molecule has 0 atom stereocenters. The Bertz CT molecular complexity index is 1310. The lowest BCUT2D eigenvalue weighted by Gasteiger charge is -2.28. The molecule has 0 fully saturated rings. The maximum Gasteiger partial charge on any atom is 0.333 e. The number of carbonyl (C=O) groups excluding carboxylic acids is 1. The van der Waals surface area contributed by atoms with Gasteiger partial charge in [-0.3, -0.25) is 0 Å². The summed E-state index contributed by atoms with van der Waals surface area (Å²) in [5.41, 5.74) is 8.07. The van der Waals surface area contributed by atoms with Gasteiger partial charge in [0.15, 0.2) is 0 Å². The largest absolute Gasteiger partial charge is 0.493 e. The molecule has 232 valence electrons. The van der Waals surface area contributed by atoms with Crippen LogP contribution in [0.25, 0.3) is 22.3 Å². The molecule has 0 amide bonds. The molecular weight excluding hydrogens is 536 g/mol. The molecule has 5 heteroatoms. The Kier molecular flexibility index (Phi) is 13.5. The number of hydrogen-bond donors (Lipinski definition) is 2. The van der Waals surface area contributed by atoms with E-state index in [9.17, 15) is 15.0 Å². The van der Waals surface area contributed by atoms with Crippen LogP contribution in [-0.4, -0.2) is 42.6 Å². The minimum absolute atomic E-state index is 0.0924. The summed E-state index contributed by atoms with van der Waals surface area (Å²) in [6, 6.07) is 21.8. The van der Waals surface area contributed by atoms with Crippen molar-refractivity contribution in [1.82, 2.24) is 0 Å². The van der Waals surface area contributed by atoms with E-state index in [1.807, 2.05) is 13.0 Å². The molecule has 0 saturated heterocycles. The third-order valence-corrected chi connectivity index (χ3v) is 8.48. The second kappa shape index (κ2) is 17.0. The molecule has 3 aromatic carbocycles. The highest BCUT2D eigenvalue weighted by Crippen LogP contribution is 2.34. The number of rotatable bonds is 18. The molecule has 0 radical (unpaired) electrons. The highest BCUT2D eigenvalue weighted by Gasteiger charge is 2.26. The van der Waals surface area contributed by atoms with Gasteiger partial charge in [-0.05, 0) is 90.1 Å². The van der Waals surface area contributed by atoms with E-state index in [2.05, 4.69) is 75.0 Å². The summed E-state index contributed by atoms with van der Waals surface area (Å²) < 4.78 is 11.6. The Morgan fingerprint density at radius 2 is 1.49 bits per heavy atom. The summed E-state index contributed by atoms with van der Waals surface area (Å²) in [7, 11) is 0. The molecule has 0 aliphatic carbocycles. The van der Waals surface area contributed by atoms with Crippen LogP contribution in [0.4, 0.5) is 0 Å². The summed E-state index contributed by atoms with van der Waals surface area (Å²) >= 11 is 0. The molecule has 0 aromatic heterocycles.